The van der Waals surface area contributed by atoms with Gasteiger partial charge in [0.25, 0.3) is 0 Å². The maximum absolute atomic E-state index is 13.1. The van der Waals surface area contributed by atoms with Crippen molar-refractivity contribution in [1.82, 2.24) is 5.48 Å². The van der Waals surface area contributed by atoms with E-state index in [2.05, 4.69) is 10.6 Å². The SMILES string of the molecule is O=C(C[C@]1(c2ccc(-c3cccc(NC(=O)Nc4cccc(Cl)c4)c3)s2)CCCCS1(=O)=O)NO. The lowest BCUT2D eigenvalue weighted by atomic mass is 9.94. The number of hydrogen-bond donors (Lipinski definition) is 4. The quantitative estimate of drug-likeness (QED) is 0.249. The van der Waals surface area contributed by atoms with Crippen LogP contribution in [-0.4, -0.2) is 31.3 Å². The minimum absolute atomic E-state index is 0.0000843. The Morgan fingerprint density at radius 2 is 1.71 bits per heavy atom. The van der Waals surface area contributed by atoms with Crippen LogP contribution >= 0.6 is 22.9 Å². The van der Waals surface area contributed by atoms with Gasteiger partial charge in [-0.05, 0) is 60.9 Å². The van der Waals surface area contributed by atoms with Crippen LogP contribution in [0.3, 0.4) is 0 Å². The van der Waals surface area contributed by atoms with Crippen molar-refractivity contribution in [2.24, 2.45) is 0 Å². The number of anilines is 2. The normalized spacial score (nSPS) is 19.0. The number of nitrogens with one attached hydrogen (secondary N) is 3. The van der Waals surface area contributed by atoms with Crippen molar-refractivity contribution in [1.29, 1.82) is 0 Å². The maximum atomic E-state index is 13.1. The molecule has 3 aromatic rings. The van der Waals surface area contributed by atoms with E-state index in [-0.39, 0.29) is 12.2 Å². The van der Waals surface area contributed by atoms with Gasteiger partial charge in [0.1, 0.15) is 4.75 Å². The Kier molecular flexibility index (Phi) is 7.46. The standard InChI is InChI=1S/C24H24ClN3O5S2/c25-17-6-4-8-19(14-17)27-23(30)26-18-7-3-5-16(13-18)20-9-10-21(34-20)24(15-22(29)28-31)11-1-2-12-35(24,32)33/h3-10,13-14,31H,1-2,11-12,15H2,(H,28,29)(H2,26,27,30)/t24-/m0/s1. The summed E-state index contributed by atoms with van der Waals surface area (Å²) in [5.41, 5.74) is 3.47. The number of carbonyl (C=O) groups excluding carboxylic acids is 2. The molecule has 0 unspecified atom stereocenters. The molecule has 1 atom stereocenters. The lowest BCUT2D eigenvalue weighted by Gasteiger charge is -2.35. The molecular weight excluding hydrogens is 510 g/mol. The van der Waals surface area contributed by atoms with Crippen LogP contribution in [-0.2, 0) is 19.4 Å². The summed E-state index contributed by atoms with van der Waals surface area (Å²) in [5.74, 6) is -0.734. The number of amides is 3. The van der Waals surface area contributed by atoms with Crippen molar-refractivity contribution >= 4 is 56.1 Å². The molecule has 1 aliphatic heterocycles. The van der Waals surface area contributed by atoms with Gasteiger partial charge in [0, 0.05) is 26.2 Å². The Balaban J connectivity index is 1.57. The molecular formula is C24H24ClN3O5S2. The van der Waals surface area contributed by atoms with Crippen molar-refractivity contribution in [2.45, 2.75) is 30.4 Å². The predicted molar refractivity (Wildman–Crippen MR) is 138 cm³/mol. The van der Waals surface area contributed by atoms with Crippen LogP contribution in [0.25, 0.3) is 10.4 Å². The fourth-order valence-corrected chi connectivity index (χ4v) is 8.23. The molecule has 184 valence electrons. The van der Waals surface area contributed by atoms with E-state index in [0.717, 1.165) is 10.4 Å². The van der Waals surface area contributed by atoms with Crippen LogP contribution in [0, 0.1) is 0 Å². The Morgan fingerprint density at radius 1 is 1.00 bits per heavy atom. The van der Waals surface area contributed by atoms with E-state index in [0.29, 0.717) is 40.5 Å². The molecule has 1 fully saturated rings. The van der Waals surface area contributed by atoms with Crippen molar-refractivity contribution < 1.29 is 23.2 Å². The number of halogens is 1. The fraction of sp³-hybridized carbons (Fsp3) is 0.250. The molecule has 1 aliphatic rings. The van der Waals surface area contributed by atoms with Crippen LogP contribution in [0.1, 0.15) is 30.6 Å². The van der Waals surface area contributed by atoms with Crippen molar-refractivity contribution in [2.75, 3.05) is 16.4 Å². The molecule has 2 aromatic carbocycles. The first-order valence-electron chi connectivity index (χ1n) is 10.9. The molecule has 0 bridgehead atoms. The van der Waals surface area contributed by atoms with Crippen molar-refractivity contribution in [3.8, 4) is 10.4 Å². The van der Waals surface area contributed by atoms with Gasteiger partial charge in [-0.15, -0.1) is 11.3 Å². The first-order valence-corrected chi connectivity index (χ1v) is 13.8. The predicted octanol–water partition coefficient (Wildman–Crippen LogP) is 5.40. The summed E-state index contributed by atoms with van der Waals surface area (Å²) in [7, 11) is -3.61. The molecule has 0 spiro atoms. The van der Waals surface area contributed by atoms with E-state index in [1.807, 2.05) is 12.1 Å². The first kappa shape index (κ1) is 25.2. The zero-order valence-electron chi connectivity index (χ0n) is 18.6. The number of thiophene rings is 1. The zero-order valence-corrected chi connectivity index (χ0v) is 21.0. The summed E-state index contributed by atoms with van der Waals surface area (Å²) in [6.07, 6.45) is 1.20. The number of sulfone groups is 1. The van der Waals surface area contributed by atoms with Crippen LogP contribution in [0.4, 0.5) is 16.2 Å². The smallest absolute Gasteiger partial charge is 0.308 e. The third-order valence-electron chi connectivity index (χ3n) is 5.95. The molecule has 0 radical (unpaired) electrons. The first-order chi connectivity index (χ1) is 16.7. The number of hydroxylamine groups is 1. The largest absolute Gasteiger partial charge is 0.323 e. The molecule has 1 aromatic heterocycles. The second kappa shape index (κ2) is 10.4. The number of carbonyl (C=O) groups is 2. The summed E-state index contributed by atoms with van der Waals surface area (Å²) >= 11 is 7.25. The van der Waals surface area contributed by atoms with E-state index < -0.39 is 26.5 Å². The monoisotopic (exact) mass is 533 g/mol. The second-order valence-electron chi connectivity index (χ2n) is 8.32. The zero-order chi connectivity index (χ0) is 25.1. The Morgan fingerprint density at radius 3 is 2.40 bits per heavy atom. The molecule has 35 heavy (non-hydrogen) atoms. The minimum Gasteiger partial charge on any atom is -0.308 e. The number of rotatable bonds is 6. The van der Waals surface area contributed by atoms with Gasteiger partial charge < -0.3 is 10.6 Å². The third-order valence-corrected chi connectivity index (χ3v) is 10.2. The summed E-state index contributed by atoms with van der Waals surface area (Å²) in [5, 5.41) is 15.1. The number of benzene rings is 2. The highest BCUT2D eigenvalue weighted by Crippen LogP contribution is 2.47. The van der Waals surface area contributed by atoms with Gasteiger partial charge in [0.15, 0.2) is 9.84 Å². The molecule has 8 nitrogen and oxygen atoms in total. The van der Waals surface area contributed by atoms with Gasteiger partial charge >= 0.3 is 6.03 Å². The highest BCUT2D eigenvalue weighted by molar-refractivity contribution is 7.92. The maximum Gasteiger partial charge on any atom is 0.323 e. The summed E-state index contributed by atoms with van der Waals surface area (Å²) in [4.78, 5) is 25.8. The third kappa shape index (κ3) is 5.51. The minimum atomic E-state index is -3.61. The lowest BCUT2D eigenvalue weighted by Crippen LogP contribution is -2.43. The van der Waals surface area contributed by atoms with Crippen molar-refractivity contribution in [3.05, 3.63) is 70.6 Å². The van der Waals surface area contributed by atoms with E-state index in [1.54, 1.807) is 54.0 Å². The molecule has 3 amide bonds. The second-order valence-corrected chi connectivity index (χ2v) is 12.3. The van der Waals surface area contributed by atoms with Crippen LogP contribution < -0.4 is 16.1 Å². The van der Waals surface area contributed by atoms with Gasteiger partial charge in [0.2, 0.25) is 5.91 Å². The summed E-state index contributed by atoms with van der Waals surface area (Å²) < 4.78 is 24.9. The fourth-order valence-electron chi connectivity index (χ4n) is 4.26. The van der Waals surface area contributed by atoms with Crippen molar-refractivity contribution in [3.63, 3.8) is 0 Å². The van der Waals surface area contributed by atoms with Crippen LogP contribution in [0.5, 0.6) is 0 Å². The van der Waals surface area contributed by atoms with E-state index >= 15 is 0 Å². The Hall–Kier alpha value is -2.92. The van der Waals surface area contributed by atoms with Gasteiger partial charge in [0.05, 0.1) is 12.2 Å². The lowest BCUT2D eigenvalue weighted by molar-refractivity contribution is -0.130. The van der Waals surface area contributed by atoms with Crippen LogP contribution in [0.2, 0.25) is 5.02 Å². The molecule has 0 aliphatic carbocycles. The average molecular weight is 534 g/mol. The highest BCUT2D eigenvalue weighted by atomic mass is 35.5. The van der Waals surface area contributed by atoms with Crippen LogP contribution in [0.15, 0.2) is 60.7 Å². The van der Waals surface area contributed by atoms with Gasteiger partial charge in [-0.3, -0.25) is 10.0 Å². The van der Waals surface area contributed by atoms with Gasteiger partial charge in [-0.2, -0.15) is 0 Å². The van der Waals surface area contributed by atoms with E-state index in [9.17, 15) is 18.0 Å². The Labute approximate surface area is 212 Å². The topological polar surface area (TPSA) is 125 Å². The summed E-state index contributed by atoms with van der Waals surface area (Å²) in [6.45, 7) is 0. The summed E-state index contributed by atoms with van der Waals surface area (Å²) in [6, 6.07) is 17.1. The molecule has 2 heterocycles. The average Bonchev–Trinajstić information content (AvgIpc) is 3.31. The molecule has 0 saturated carbocycles. The van der Waals surface area contributed by atoms with E-state index in [1.165, 1.54) is 11.3 Å². The number of urea groups is 1. The Bertz CT molecular complexity index is 1360. The highest BCUT2D eigenvalue weighted by Gasteiger charge is 2.49. The molecule has 11 heteroatoms. The molecule has 4 N–H and O–H groups in total. The van der Waals surface area contributed by atoms with E-state index in [4.69, 9.17) is 16.8 Å². The van der Waals surface area contributed by atoms with Gasteiger partial charge in [-0.1, -0.05) is 36.2 Å². The molecule has 1 saturated heterocycles. The van der Waals surface area contributed by atoms with Gasteiger partial charge in [-0.25, -0.2) is 18.7 Å². The molecule has 4 rings (SSSR count). The number of hydrogen-bond acceptors (Lipinski definition) is 6.